The highest BCUT2D eigenvalue weighted by Crippen LogP contribution is 2.18. The number of hydrogen-bond donors (Lipinski definition) is 1. The summed E-state index contributed by atoms with van der Waals surface area (Å²) in [6.07, 6.45) is 0.957. The molecular formula is C10H19NO3S. The predicted octanol–water partition coefficient (Wildman–Crippen LogP) is 0.583. The molecule has 5 heteroatoms. The van der Waals surface area contributed by atoms with E-state index in [1.807, 2.05) is 13.8 Å². The van der Waals surface area contributed by atoms with Gasteiger partial charge >= 0.3 is 0 Å². The Morgan fingerprint density at radius 2 is 1.87 bits per heavy atom. The van der Waals surface area contributed by atoms with Crippen molar-refractivity contribution in [3.8, 4) is 0 Å². The van der Waals surface area contributed by atoms with E-state index in [0.717, 1.165) is 0 Å². The highest BCUT2D eigenvalue weighted by molar-refractivity contribution is 7.91. The fraction of sp³-hybridized carbons (Fsp3) is 0.900. The van der Waals surface area contributed by atoms with E-state index in [1.165, 1.54) is 0 Å². The van der Waals surface area contributed by atoms with Crippen LogP contribution in [0.2, 0.25) is 0 Å². The van der Waals surface area contributed by atoms with Gasteiger partial charge < -0.3 is 5.32 Å². The van der Waals surface area contributed by atoms with Crippen molar-refractivity contribution < 1.29 is 13.2 Å². The Kier molecular flexibility index (Phi) is 4.13. The first-order valence-corrected chi connectivity index (χ1v) is 7.21. The van der Waals surface area contributed by atoms with Gasteiger partial charge in [0.2, 0.25) is 5.91 Å². The zero-order valence-electron chi connectivity index (χ0n) is 9.32. The predicted molar refractivity (Wildman–Crippen MR) is 59.2 cm³/mol. The fourth-order valence-corrected chi connectivity index (χ4v) is 3.09. The van der Waals surface area contributed by atoms with Gasteiger partial charge in [-0.2, -0.15) is 0 Å². The van der Waals surface area contributed by atoms with Crippen LogP contribution in [0.25, 0.3) is 0 Å². The Bertz CT molecular complexity index is 308. The molecule has 0 saturated carbocycles. The zero-order valence-corrected chi connectivity index (χ0v) is 10.1. The van der Waals surface area contributed by atoms with E-state index in [2.05, 4.69) is 5.32 Å². The average Bonchev–Trinajstić information content (AvgIpc) is 2.14. The van der Waals surface area contributed by atoms with Crippen molar-refractivity contribution in [3.63, 3.8) is 0 Å². The summed E-state index contributed by atoms with van der Waals surface area (Å²) in [6, 6.07) is 0. The molecular weight excluding hydrogens is 214 g/mol. The normalized spacial score (nSPS) is 21.5. The Hall–Kier alpha value is -0.580. The van der Waals surface area contributed by atoms with Gasteiger partial charge in [0.15, 0.2) is 0 Å². The molecule has 1 N–H and O–H groups in total. The SMILES string of the molecule is CC(C)CNC(=O)C1CCS(=O)(=O)CC1. The zero-order chi connectivity index (χ0) is 11.5. The number of sulfone groups is 1. The molecule has 0 aromatic carbocycles. The molecule has 0 aromatic rings. The summed E-state index contributed by atoms with van der Waals surface area (Å²) >= 11 is 0. The van der Waals surface area contributed by atoms with Crippen LogP contribution in [0.3, 0.4) is 0 Å². The van der Waals surface area contributed by atoms with Crippen LogP contribution >= 0.6 is 0 Å². The number of nitrogens with one attached hydrogen (secondary N) is 1. The van der Waals surface area contributed by atoms with Crippen LogP contribution in [0.1, 0.15) is 26.7 Å². The van der Waals surface area contributed by atoms with Gasteiger partial charge in [-0.1, -0.05) is 13.8 Å². The molecule has 1 saturated heterocycles. The largest absolute Gasteiger partial charge is 0.356 e. The Balaban J connectivity index is 2.37. The lowest BCUT2D eigenvalue weighted by Gasteiger charge is -2.21. The van der Waals surface area contributed by atoms with Gasteiger partial charge in [0.05, 0.1) is 11.5 Å². The summed E-state index contributed by atoms with van der Waals surface area (Å²) in [5.41, 5.74) is 0. The van der Waals surface area contributed by atoms with Gasteiger partial charge in [0, 0.05) is 12.5 Å². The van der Waals surface area contributed by atoms with Crippen molar-refractivity contribution in [2.24, 2.45) is 11.8 Å². The highest BCUT2D eigenvalue weighted by Gasteiger charge is 2.28. The van der Waals surface area contributed by atoms with Gasteiger partial charge in [-0.3, -0.25) is 4.79 Å². The molecule has 1 rings (SSSR count). The first kappa shape index (κ1) is 12.5. The quantitative estimate of drug-likeness (QED) is 0.775. The van der Waals surface area contributed by atoms with Crippen LogP contribution in [-0.2, 0) is 14.6 Å². The summed E-state index contributed by atoms with van der Waals surface area (Å²) in [4.78, 5) is 11.6. The number of amides is 1. The monoisotopic (exact) mass is 233 g/mol. The van der Waals surface area contributed by atoms with Crippen molar-refractivity contribution in [2.45, 2.75) is 26.7 Å². The first-order chi connectivity index (χ1) is 6.91. The second-order valence-electron chi connectivity index (χ2n) is 4.57. The second kappa shape index (κ2) is 4.96. The summed E-state index contributed by atoms with van der Waals surface area (Å²) in [7, 11) is -2.86. The third-order valence-corrected chi connectivity index (χ3v) is 4.33. The first-order valence-electron chi connectivity index (χ1n) is 5.39. The summed E-state index contributed by atoms with van der Waals surface area (Å²) < 4.78 is 22.3. The molecule has 4 nitrogen and oxygen atoms in total. The van der Waals surface area contributed by atoms with Crippen LogP contribution in [0.5, 0.6) is 0 Å². The Morgan fingerprint density at radius 1 is 1.33 bits per heavy atom. The molecule has 15 heavy (non-hydrogen) atoms. The number of carbonyl (C=O) groups excluding carboxylic acids is 1. The molecule has 0 spiro atoms. The van der Waals surface area contributed by atoms with E-state index in [9.17, 15) is 13.2 Å². The average molecular weight is 233 g/mol. The van der Waals surface area contributed by atoms with Gasteiger partial charge in [0.1, 0.15) is 9.84 Å². The van der Waals surface area contributed by atoms with E-state index in [0.29, 0.717) is 25.3 Å². The van der Waals surface area contributed by atoms with Crippen LogP contribution in [0.15, 0.2) is 0 Å². The van der Waals surface area contributed by atoms with E-state index in [1.54, 1.807) is 0 Å². The molecule has 88 valence electrons. The summed E-state index contributed by atoms with van der Waals surface area (Å²) in [6.45, 7) is 4.74. The minimum Gasteiger partial charge on any atom is -0.356 e. The van der Waals surface area contributed by atoms with E-state index < -0.39 is 9.84 Å². The second-order valence-corrected chi connectivity index (χ2v) is 6.87. The smallest absolute Gasteiger partial charge is 0.223 e. The molecule has 1 aliphatic heterocycles. The number of hydrogen-bond acceptors (Lipinski definition) is 3. The third-order valence-electron chi connectivity index (χ3n) is 2.61. The van der Waals surface area contributed by atoms with E-state index in [4.69, 9.17) is 0 Å². The lowest BCUT2D eigenvalue weighted by molar-refractivity contribution is -0.125. The molecule has 0 radical (unpaired) electrons. The van der Waals surface area contributed by atoms with Crippen molar-refractivity contribution in [1.29, 1.82) is 0 Å². The fourth-order valence-electron chi connectivity index (χ4n) is 1.60. The van der Waals surface area contributed by atoms with Gasteiger partial charge in [-0.15, -0.1) is 0 Å². The topological polar surface area (TPSA) is 63.2 Å². The van der Waals surface area contributed by atoms with Gasteiger partial charge in [0.25, 0.3) is 0 Å². The van der Waals surface area contributed by atoms with Crippen LogP contribution < -0.4 is 5.32 Å². The summed E-state index contributed by atoms with van der Waals surface area (Å²) in [5, 5.41) is 2.85. The molecule has 0 atom stereocenters. The van der Waals surface area contributed by atoms with Crippen LogP contribution in [0, 0.1) is 11.8 Å². The molecule has 1 heterocycles. The maximum Gasteiger partial charge on any atom is 0.223 e. The van der Waals surface area contributed by atoms with Crippen LogP contribution in [0.4, 0.5) is 0 Å². The number of carbonyl (C=O) groups is 1. The minimum atomic E-state index is -2.86. The molecule has 0 aliphatic carbocycles. The molecule has 0 unspecified atom stereocenters. The summed E-state index contributed by atoms with van der Waals surface area (Å²) in [5.74, 6) is 0.659. The lowest BCUT2D eigenvalue weighted by atomic mass is 10.0. The molecule has 1 aliphatic rings. The molecule has 1 amide bonds. The molecule has 0 aromatic heterocycles. The Morgan fingerprint density at radius 3 is 2.33 bits per heavy atom. The van der Waals surface area contributed by atoms with Crippen molar-refractivity contribution in [2.75, 3.05) is 18.1 Å². The standard InChI is InChI=1S/C10H19NO3S/c1-8(2)7-11-10(12)9-3-5-15(13,14)6-4-9/h8-9H,3-7H2,1-2H3,(H,11,12). The Labute approximate surface area is 91.4 Å². The third kappa shape index (κ3) is 4.20. The number of rotatable bonds is 3. The van der Waals surface area contributed by atoms with Crippen molar-refractivity contribution in [1.82, 2.24) is 5.32 Å². The highest BCUT2D eigenvalue weighted by atomic mass is 32.2. The van der Waals surface area contributed by atoms with Gasteiger partial charge in [-0.25, -0.2) is 8.42 Å². The van der Waals surface area contributed by atoms with E-state index in [-0.39, 0.29) is 23.3 Å². The van der Waals surface area contributed by atoms with Gasteiger partial charge in [-0.05, 0) is 18.8 Å². The minimum absolute atomic E-state index is 0.0126. The maximum absolute atomic E-state index is 11.6. The molecule has 0 bridgehead atoms. The van der Waals surface area contributed by atoms with Crippen molar-refractivity contribution >= 4 is 15.7 Å². The maximum atomic E-state index is 11.6. The van der Waals surface area contributed by atoms with Crippen molar-refractivity contribution in [3.05, 3.63) is 0 Å². The van der Waals surface area contributed by atoms with Crippen LogP contribution in [-0.4, -0.2) is 32.4 Å². The lowest BCUT2D eigenvalue weighted by Crippen LogP contribution is -2.37. The van der Waals surface area contributed by atoms with E-state index >= 15 is 0 Å². The molecule has 1 fully saturated rings.